The fourth-order valence-electron chi connectivity index (χ4n) is 5.97. The fourth-order valence-corrected chi connectivity index (χ4v) is 7.21. The molecule has 4 aromatic carbocycles. The van der Waals surface area contributed by atoms with Crippen molar-refractivity contribution in [2.24, 2.45) is 0 Å². The van der Waals surface area contributed by atoms with Gasteiger partial charge in [0.05, 0.1) is 23.1 Å². The van der Waals surface area contributed by atoms with Crippen LogP contribution in [0.4, 0.5) is 30.2 Å². The van der Waals surface area contributed by atoms with Gasteiger partial charge >= 0.3 is 6.36 Å². The molecule has 7 nitrogen and oxygen atoms in total. The maximum absolute atomic E-state index is 13.5. The number of hydrogen-bond donors (Lipinski definition) is 2. The summed E-state index contributed by atoms with van der Waals surface area (Å²) in [6.07, 6.45) is -4.40. The van der Waals surface area contributed by atoms with E-state index in [1.165, 1.54) is 0 Å². The Hall–Kier alpha value is -4.06. The van der Waals surface area contributed by atoms with Crippen molar-refractivity contribution in [1.82, 2.24) is 4.72 Å². The second-order valence-corrected chi connectivity index (χ2v) is 12.4. The topological polar surface area (TPSA) is 82.1 Å². The molecule has 224 valence electrons. The molecule has 6 rings (SSSR count). The maximum Gasteiger partial charge on any atom is 0.573 e. The molecule has 2 aliphatic rings. The van der Waals surface area contributed by atoms with E-state index in [2.05, 4.69) is 26.5 Å². The van der Waals surface area contributed by atoms with E-state index in [1.54, 1.807) is 0 Å². The summed E-state index contributed by atoms with van der Waals surface area (Å²) in [7, 11) is -4.23. The summed E-state index contributed by atoms with van der Waals surface area (Å²) >= 11 is 0. The molecular formula is C32H30F3N3O4S. The highest BCUT2D eigenvalue weighted by atomic mass is 32.2. The molecule has 0 radical (unpaired) electrons. The number of para-hydroxylation sites is 3. The number of ether oxygens (including phenoxy) is 1. The second kappa shape index (κ2) is 11.6. The maximum atomic E-state index is 13.5. The van der Waals surface area contributed by atoms with Gasteiger partial charge in [0.25, 0.3) is 0 Å². The molecule has 1 unspecified atom stereocenters. The third-order valence-electron chi connectivity index (χ3n) is 7.92. The quantitative estimate of drug-likeness (QED) is 0.304. The summed E-state index contributed by atoms with van der Waals surface area (Å²) in [5.74, 6) is -0.530. The lowest BCUT2D eigenvalue weighted by molar-refractivity contribution is -0.274. The molecular weight excluding hydrogens is 579 g/mol. The standard InChI is InChI=1S/C32H30F3N3O4S/c33-32(34,35)42-25-16-18-26(19-17-25)43(40,41)36-27-20-37(24-10-2-1-3-11-24)21-30(31(27)39)38-28-12-6-4-8-22(28)14-15-23-9-5-7-13-29(23)38/h1-13,16-19,27,30-31,36,39H,14-15,20-21H2/t27-,30?,31+/m1/s1. The zero-order chi connectivity index (χ0) is 30.2. The molecule has 0 saturated carbocycles. The van der Waals surface area contributed by atoms with Gasteiger partial charge in [-0.3, -0.25) is 0 Å². The van der Waals surface area contributed by atoms with Crippen molar-refractivity contribution in [1.29, 1.82) is 0 Å². The molecule has 0 bridgehead atoms. The Balaban J connectivity index is 1.38. The summed E-state index contributed by atoms with van der Waals surface area (Å²) < 4.78 is 71.4. The number of sulfonamides is 1. The van der Waals surface area contributed by atoms with Crippen LogP contribution in [0.3, 0.4) is 0 Å². The Bertz CT molecular complexity index is 1640. The molecule has 43 heavy (non-hydrogen) atoms. The number of fused-ring (bicyclic) bond motifs is 2. The van der Waals surface area contributed by atoms with Gasteiger partial charge in [-0.1, -0.05) is 54.6 Å². The molecule has 0 amide bonds. The van der Waals surface area contributed by atoms with Crippen molar-refractivity contribution >= 4 is 27.1 Å². The Morgan fingerprint density at radius 3 is 1.91 bits per heavy atom. The number of hydrogen-bond acceptors (Lipinski definition) is 6. The lowest BCUT2D eigenvalue weighted by Gasteiger charge is -2.48. The number of rotatable bonds is 6. The van der Waals surface area contributed by atoms with E-state index >= 15 is 0 Å². The number of anilines is 3. The van der Waals surface area contributed by atoms with Crippen molar-refractivity contribution < 1.29 is 31.4 Å². The van der Waals surface area contributed by atoms with Gasteiger partial charge in [0.2, 0.25) is 10.0 Å². The Labute approximate surface area is 248 Å². The highest BCUT2D eigenvalue weighted by Crippen LogP contribution is 2.40. The van der Waals surface area contributed by atoms with Crippen LogP contribution in [-0.2, 0) is 22.9 Å². The first-order valence-electron chi connectivity index (χ1n) is 13.9. The van der Waals surface area contributed by atoms with Gasteiger partial charge in [0.1, 0.15) is 5.75 Å². The number of aliphatic hydroxyl groups excluding tert-OH is 1. The molecule has 1 saturated heterocycles. The predicted octanol–water partition coefficient (Wildman–Crippen LogP) is 5.42. The molecule has 2 aliphatic heterocycles. The molecule has 2 N–H and O–H groups in total. The van der Waals surface area contributed by atoms with E-state index in [9.17, 15) is 26.7 Å². The van der Waals surface area contributed by atoms with E-state index in [0.29, 0.717) is 6.54 Å². The molecule has 3 atom stereocenters. The van der Waals surface area contributed by atoms with Gasteiger partial charge in [0, 0.05) is 30.2 Å². The highest BCUT2D eigenvalue weighted by Gasteiger charge is 2.43. The van der Waals surface area contributed by atoms with Gasteiger partial charge in [-0.15, -0.1) is 13.2 Å². The number of alkyl halides is 3. The molecule has 0 aromatic heterocycles. The minimum atomic E-state index is -4.90. The average molecular weight is 610 g/mol. The van der Waals surface area contributed by atoms with Crippen LogP contribution >= 0.6 is 0 Å². The minimum Gasteiger partial charge on any atom is -0.406 e. The Kier molecular flexibility index (Phi) is 7.80. The molecule has 11 heteroatoms. The third-order valence-corrected chi connectivity index (χ3v) is 9.43. The first kappa shape index (κ1) is 29.0. The smallest absolute Gasteiger partial charge is 0.406 e. The van der Waals surface area contributed by atoms with Gasteiger partial charge < -0.3 is 19.6 Å². The highest BCUT2D eigenvalue weighted by molar-refractivity contribution is 7.89. The molecule has 0 spiro atoms. The van der Waals surface area contributed by atoms with Crippen molar-refractivity contribution in [3.05, 3.63) is 114 Å². The van der Waals surface area contributed by atoms with E-state index in [0.717, 1.165) is 65.3 Å². The number of aryl methyl sites for hydroxylation is 2. The fraction of sp³-hybridized carbons (Fsp3) is 0.250. The van der Waals surface area contributed by atoms with Gasteiger partial charge in [-0.05, 0) is 72.5 Å². The summed E-state index contributed by atoms with van der Waals surface area (Å²) in [6.45, 7) is 0.586. The number of benzene rings is 4. The third kappa shape index (κ3) is 6.20. The second-order valence-electron chi connectivity index (χ2n) is 10.7. The summed E-state index contributed by atoms with van der Waals surface area (Å²) in [6, 6.07) is 28.1. The zero-order valence-corrected chi connectivity index (χ0v) is 23.8. The summed E-state index contributed by atoms with van der Waals surface area (Å²) in [4.78, 5) is 3.93. The van der Waals surface area contributed by atoms with E-state index in [-0.39, 0.29) is 11.4 Å². The van der Waals surface area contributed by atoms with Gasteiger partial charge in [-0.2, -0.15) is 0 Å². The van der Waals surface area contributed by atoms with Crippen LogP contribution in [0.25, 0.3) is 0 Å². The minimum absolute atomic E-state index is 0.174. The Morgan fingerprint density at radius 2 is 1.33 bits per heavy atom. The van der Waals surface area contributed by atoms with Crippen LogP contribution in [0.2, 0.25) is 0 Å². The van der Waals surface area contributed by atoms with E-state index < -0.39 is 40.3 Å². The number of halogens is 3. The normalized spacial score (nSPS) is 20.6. The van der Waals surface area contributed by atoms with Crippen molar-refractivity contribution in [2.45, 2.75) is 42.3 Å². The average Bonchev–Trinajstić information content (AvgIpc) is 3.15. The van der Waals surface area contributed by atoms with E-state index in [1.807, 2.05) is 71.6 Å². The van der Waals surface area contributed by atoms with Crippen molar-refractivity contribution in [2.75, 3.05) is 22.9 Å². The molecule has 2 heterocycles. The summed E-state index contributed by atoms with van der Waals surface area (Å²) in [5.41, 5.74) is 5.03. The SMILES string of the molecule is O=S(=O)(N[C@@H]1CN(c2ccccc2)CC(N2c3ccccc3CCc3ccccc32)[C@H]1O)c1ccc(OC(F)(F)F)cc1. The van der Waals surface area contributed by atoms with Gasteiger partial charge in [0.15, 0.2) is 0 Å². The first-order valence-corrected chi connectivity index (χ1v) is 15.4. The monoisotopic (exact) mass is 609 g/mol. The lowest BCUT2D eigenvalue weighted by atomic mass is 9.94. The molecule has 1 fully saturated rings. The largest absolute Gasteiger partial charge is 0.573 e. The molecule has 4 aromatic rings. The number of nitrogens with one attached hydrogen (secondary N) is 1. The van der Waals surface area contributed by atoms with Crippen LogP contribution < -0.4 is 19.3 Å². The van der Waals surface area contributed by atoms with Crippen LogP contribution in [0.15, 0.2) is 108 Å². The van der Waals surface area contributed by atoms with E-state index in [4.69, 9.17) is 0 Å². The van der Waals surface area contributed by atoms with Crippen LogP contribution in [0, 0.1) is 0 Å². The predicted molar refractivity (Wildman–Crippen MR) is 158 cm³/mol. The first-order chi connectivity index (χ1) is 20.6. The number of aliphatic hydroxyl groups is 1. The molecule has 0 aliphatic carbocycles. The lowest BCUT2D eigenvalue weighted by Crippen LogP contribution is -2.65. The number of piperidine rings is 1. The zero-order valence-electron chi connectivity index (χ0n) is 23.0. The Morgan fingerprint density at radius 1 is 0.767 bits per heavy atom. The van der Waals surface area contributed by atoms with Crippen LogP contribution in [0.5, 0.6) is 5.75 Å². The van der Waals surface area contributed by atoms with Crippen LogP contribution in [-0.4, -0.2) is 51.2 Å². The number of nitrogens with zero attached hydrogens (tertiary/aromatic N) is 2. The van der Waals surface area contributed by atoms with Crippen molar-refractivity contribution in [3.63, 3.8) is 0 Å². The van der Waals surface area contributed by atoms with Crippen LogP contribution in [0.1, 0.15) is 11.1 Å². The van der Waals surface area contributed by atoms with Crippen molar-refractivity contribution in [3.8, 4) is 5.75 Å². The van der Waals surface area contributed by atoms with Gasteiger partial charge in [-0.25, -0.2) is 13.1 Å². The summed E-state index contributed by atoms with van der Waals surface area (Å²) in [5, 5.41) is 11.9.